The van der Waals surface area contributed by atoms with Gasteiger partial charge in [-0.1, -0.05) is 35.5 Å². The third-order valence-corrected chi connectivity index (χ3v) is 4.06. The molecule has 2 rings (SSSR count). The molecule has 3 nitrogen and oxygen atoms in total. The molecular formula is C15H20N2OS. The molecular weight excluding hydrogens is 256 g/mol. The molecule has 19 heavy (non-hydrogen) atoms. The van der Waals surface area contributed by atoms with Gasteiger partial charge >= 0.3 is 0 Å². The van der Waals surface area contributed by atoms with Gasteiger partial charge < -0.3 is 9.73 Å². The first-order valence-corrected chi connectivity index (χ1v) is 7.38. The first-order chi connectivity index (χ1) is 9.10. The Morgan fingerprint density at radius 2 is 2.11 bits per heavy atom. The van der Waals surface area contributed by atoms with Gasteiger partial charge in [0, 0.05) is 11.8 Å². The number of hydrogen-bond acceptors (Lipinski definition) is 4. The van der Waals surface area contributed by atoms with Crippen molar-refractivity contribution in [2.45, 2.75) is 32.0 Å². The normalized spacial score (nSPS) is 12.6. The molecule has 1 atom stereocenters. The highest BCUT2D eigenvalue weighted by Gasteiger charge is 2.14. The van der Waals surface area contributed by atoms with Crippen LogP contribution < -0.4 is 5.32 Å². The fourth-order valence-corrected chi connectivity index (χ4v) is 3.00. The molecule has 1 N–H and O–H groups in total. The summed E-state index contributed by atoms with van der Waals surface area (Å²) in [5.41, 5.74) is 4.88. The van der Waals surface area contributed by atoms with Crippen molar-refractivity contribution in [1.82, 2.24) is 10.3 Å². The first kappa shape index (κ1) is 14.2. The number of rotatable bonds is 5. The zero-order valence-corrected chi connectivity index (χ0v) is 12.7. The molecule has 0 bridgehead atoms. The van der Waals surface area contributed by atoms with Crippen LogP contribution in [0.3, 0.4) is 0 Å². The second kappa shape index (κ2) is 6.26. The van der Waals surface area contributed by atoms with Crippen LogP contribution in [0.25, 0.3) is 0 Å². The number of aromatic nitrogens is 1. The Bertz CT molecular complexity index is 551. The maximum absolute atomic E-state index is 5.37. The van der Waals surface area contributed by atoms with E-state index in [-0.39, 0.29) is 0 Å². The van der Waals surface area contributed by atoms with Crippen molar-refractivity contribution in [2.75, 3.05) is 12.8 Å². The zero-order valence-electron chi connectivity index (χ0n) is 11.9. The van der Waals surface area contributed by atoms with Crippen LogP contribution in [0.5, 0.6) is 0 Å². The van der Waals surface area contributed by atoms with Crippen molar-refractivity contribution in [3.8, 4) is 0 Å². The minimum absolute atomic E-state index is 0.303. The molecule has 0 fully saturated rings. The molecule has 4 heteroatoms. The summed E-state index contributed by atoms with van der Waals surface area (Å²) < 4.78 is 5.37. The van der Waals surface area contributed by atoms with Crippen LogP contribution >= 0.6 is 11.8 Å². The summed E-state index contributed by atoms with van der Waals surface area (Å²) in [5, 5.41) is 4.11. The Labute approximate surface area is 118 Å². The summed E-state index contributed by atoms with van der Waals surface area (Å²) in [5.74, 6) is 0.904. The van der Waals surface area contributed by atoms with Crippen molar-refractivity contribution in [1.29, 1.82) is 0 Å². The van der Waals surface area contributed by atoms with Gasteiger partial charge in [0.25, 0.3) is 5.22 Å². The number of benzene rings is 1. The van der Waals surface area contributed by atoms with Gasteiger partial charge in [0.15, 0.2) is 0 Å². The molecule has 0 aliphatic heterocycles. The number of nitrogens with zero attached hydrogens (tertiary/aromatic N) is 1. The lowest BCUT2D eigenvalue weighted by Gasteiger charge is -2.18. The minimum Gasteiger partial charge on any atom is -0.440 e. The van der Waals surface area contributed by atoms with Crippen LogP contribution in [-0.2, 0) is 0 Å². The summed E-state index contributed by atoms with van der Waals surface area (Å²) >= 11 is 1.64. The number of oxazole rings is 1. The molecule has 0 aliphatic rings. The Morgan fingerprint density at radius 1 is 1.32 bits per heavy atom. The number of thioether (sulfide) groups is 1. The SMILES string of the molecule is CNC(CSc1nc(C)co1)c1cc(C)ccc1C. The van der Waals surface area contributed by atoms with Crippen molar-refractivity contribution < 1.29 is 4.42 Å². The van der Waals surface area contributed by atoms with E-state index in [4.69, 9.17) is 4.42 Å². The van der Waals surface area contributed by atoms with Crippen molar-refractivity contribution in [3.63, 3.8) is 0 Å². The van der Waals surface area contributed by atoms with E-state index in [2.05, 4.69) is 42.3 Å². The van der Waals surface area contributed by atoms with Gasteiger partial charge in [-0.15, -0.1) is 0 Å². The molecule has 1 aromatic heterocycles. The van der Waals surface area contributed by atoms with E-state index in [1.54, 1.807) is 18.0 Å². The van der Waals surface area contributed by atoms with E-state index in [1.165, 1.54) is 16.7 Å². The molecule has 0 aliphatic carbocycles. The lowest BCUT2D eigenvalue weighted by atomic mass is 10.0. The molecule has 0 amide bonds. The van der Waals surface area contributed by atoms with Crippen molar-refractivity contribution in [2.24, 2.45) is 0 Å². The summed E-state index contributed by atoms with van der Waals surface area (Å²) in [7, 11) is 1.99. The van der Waals surface area contributed by atoms with Crippen LogP contribution in [0.1, 0.15) is 28.4 Å². The fraction of sp³-hybridized carbons (Fsp3) is 0.400. The van der Waals surface area contributed by atoms with Gasteiger partial charge in [0.1, 0.15) is 6.26 Å². The molecule has 1 unspecified atom stereocenters. The summed E-state index contributed by atoms with van der Waals surface area (Å²) in [4.78, 5) is 4.32. The Kier molecular flexibility index (Phi) is 4.66. The molecule has 0 saturated heterocycles. The first-order valence-electron chi connectivity index (χ1n) is 6.39. The monoisotopic (exact) mass is 276 g/mol. The van der Waals surface area contributed by atoms with E-state index < -0.39 is 0 Å². The van der Waals surface area contributed by atoms with Crippen LogP contribution in [0, 0.1) is 20.8 Å². The molecule has 1 aromatic carbocycles. The number of hydrogen-bond donors (Lipinski definition) is 1. The van der Waals surface area contributed by atoms with Gasteiger partial charge in [-0.25, -0.2) is 4.98 Å². The van der Waals surface area contributed by atoms with Crippen molar-refractivity contribution in [3.05, 3.63) is 46.8 Å². The predicted octanol–water partition coefficient (Wildman–Crippen LogP) is 3.65. The van der Waals surface area contributed by atoms with E-state index in [9.17, 15) is 0 Å². The topological polar surface area (TPSA) is 38.1 Å². The highest BCUT2D eigenvalue weighted by molar-refractivity contribution is 7.99. The fourth-order valence-electron chi connectivity index (χ4n) is 2.02. The zero-order chi connectivity index (χ0) is 13.8. The second-order valence-corrected chi connectivity index (χ2v) is 5.74. The van der Waals surface area contributed by atoms with E-state index in [1.807, 2.05) is 14.0 Å². The largest absolute Gasteiger partial charge is 0.440 e. The molecule has 0 saturated carbocycles. The average molecular weight is 276 g/mol. The van der Waals surface area contributed by atoms with Crippen LogP contribution in [-0.4, -0.2) is 17.8 Å². The standard InChI is InChI=1S/C15H20N2OS/c1-10-5-6-11(2)13(7-10)14(16-4)9-19-15-17-12(3)8-18-15/h5-8,14,16H,9H2,1-4H3. The number of aryl methyl sites for hydroxylation is 3. The van der Waals surface area contributed by atoms with E-state index in [0.717, 1.165) is 16.7 Å². The molecule has 0 spiro atoms. The molecule has 2 aromatic rings. The van der Waals surface area contributed by atoms with Gasteiger partial charge in [0.2, 0.25) is 0 Å². The van der Waals surface area contributed by atoms with E-state index >= 15 is 0 Å². The summed E-state index contributed by atoms with van der Waals surface area (Å²) in [6.07, 6.45) is 1.69. The Balaban J connectivity index is 2.09. The maximum Gasteiger partial charge on any atom is 0.255 e. The Hall–Kier alpha value is -1.26. The van der Waals surface area contributed by atoms with Crippen LogP contribution in [0.2, 0.25) is 0 Å². The van der Waals surface area contributed by atoms with Crippen LogP contribution in [0.4, 0.5) is 0 Å². The summed E-state index contributed by atoms with van der Waals surface area (Å²) in [6.45, 7) is 6.22. The van der Waals surface area contributed by atoms with Crippen LogP contribution in [0.15, 0.2) is 34.1 Å². The van der Waals surface area contributed by atoms with Gasteiger partial charge in [-0.2, -0.15) is 0 Å². The highest BCUT2D eigenvalue weighted by atomic mass is 32.2. The smallest absolute Gasteiger partial charge is 0.255 e. The second-order valence-electron chi connectivity index (χ2n) is 4.77. The van der Waals surface area contributed by atoms with Gasteiger partial charge in [-0.05, 0) is 38.9 Å². The molecule has 1 heterocycles. The van der Waals surface area contributed by atoms with Gasteiger partial charge in [-0.3, -0.25) is 0 Å². The third-order valence-electron chi connectivity index (χ3n) is 3.13. The lowest BCUT2D eigenvalue weighted by Crippen LogP contribution is -2.19. The van der Waals surface area contributed by atoms with Gasteiger partial charge in [0.05, 0.1) is 5.69 Å². The molecule has 0 radical (unpaired) electrons. The minimum atomic E-state index is 0.303. The predicted molar refractivity (Wildman–Crippen MR) is 79.7 cm³/mol. The lowest BCUT2D eigenvalue weighted by molar-refractivity contribution is 0.453. The number of nitrogens with one attached hydrogen (secondary N) is 1. The maximum atomic E-state index is 5.37. The third kappa shape index (κ3) is 3.61. The average Bonchev–Trinajstić information content (AvgIpc) is 2.80. The van der Waals surface area contributed by atoms with Crippen molar-refractivity contribution >= 4 is 11.8 Å². The Morgan fingerprint density at radius 3 is 2.74 bits per heavy atom. The quantitative estimate of drug-likeness (QED) is 0.846. The summed E-state index contributed by atoms with van der Waals surface area (Å²) in [6, 6.07) is 6.88. The van der Waals surface area contributed by atoms with E-state index in [0.29, 0.717) is 6.04 Å². The highest BCUT2D eigenvalue weighted by Crippen LogP contribution is 2.26. The molecule has 102 valence electrons.